The normalized spacial score (nSPS) is 16.7. The molecule has 0 aromatic heterocycles. The lowest BCUT2D eigenvalue weighted by Gasteiger charge is -2.30. The number of carbonyl (C=O) groups excluding carboxylic acids is 7. The number of hydrogen-bond donors (Lipinski definition) is 13. The molecule has 14 N–H and O–H groups in total. The average molecular weight is 938 g/mol. The lowest BCUT2D eigenvalue weighted by molar-refractivity contribution is -0.143. The van der Waals surface area contributed by atoms with Crippen molar-refractivity contribution in [3.05, 3.63) is 35.9 Å². The predicted octanol–water partition coefficient (Wildman–Crippen LogP) is -2.62. The third-order valence-electron chi connectivity index (χ3n) is 9.96. The summed E-state index contributed by atoms with van der Waals surface area (Å²) in [6.07, 6.45) is -0.214. The fourth-order valence-electron chi connectivity index (χ4n) is 6.60. The monoisotopic (exact) mass is 937 g/mol. The highest BCUT2D eigenvalue weighted by molar-refractivity contribution is 7.80. The van der Waals surface area contributed by atoms with E-state index in [2.05, 4.69) is 62.2 Å². The molecule has 1 aromatic carbocycles. The highest BCUT2D eigenvalue weighted by Crippen LogP contribution is 2.20. The van der Waals surface area contributed by atoms with Gasteiger partial charge in [-0.1, -0.05) is 44.2 Å². The van der Waals surface area contributed by atoms with Crippen LogP contribution in [0.5, 0.6) is 0 Å². The minimum Gasteiger partial charge on any atom is -0.481 e. The number of hydrogen-bond acceptors (Lipinski definition) is 13. The Hall–Kier alpha value is -5.62. The Labute approximate surface area is 382 Å². The molecule has 22 nitrogen and oxygen atoms in total. The van der Waals surface area contributed by atoms with E-state index in [0.717, 1.165) is 0 Å². The van der Waals surface area contributed by atoms with Gasteiger partial charge in [0.05, 0.1) is 6.04 Å². The lowest BCUT2D eigenvalue weighted by Crippen LogP contribution is -2.60. The highest BCUT2D eigenvalue weighted by atomic mass is 32.1. The molecular formula is C40H63N11O11S2. The molecule has 1 fully saturated rings. The maximum absolute atomic E-state index is 14.0. The summed E-state index contributed by atoms with van der Waals surface area (Å²) in [6, 6.07) is -1.36. The van der Waals surface area contributed by atoms with Gasteiger partial charge in [-0.05, 0) is 56.9 Å². The van der Waals surface area contributed by atoms with Gasteiger partial charge in [0.1, 0.15) is 42.3 Å². The van der Waals surface area contributed by atoms with E-state index in [0.29, 0.717) is 12.0 Å². The maximum atomic E-state index is 14.0. The quantitative estimate of drug-likeness (QED) is 0.0186. The molecule has 0 bridgehead atoms. The van der Waals surface area contributed by atoms with Gasteiger partial charge in [0, 0.05) is 37.4 Å². The van der Waals surface area contributed by atoms with Crippen LogP contribution in [-0.2, 0) is 49.6 Å². The summed E-state index contributed by atoms with van der Waals surface area (Å²) in [6.45, 7) is 5.15. The minimum atomic E-state index is -1.49. The molecule has 1 heterocycles. The largest absolute Gasteiger partial charge is 0.481 e. The molecule has 2 rings (SSSR count). The number of aliphatic carboxylic acids is 2. The number of aliphatic imine (C=N–C) groups is 1. The Morgan fingerprint density at radius 1 is 0.734 bits per heavy atom. The number of rotatable bonds is 27. The number of carbonyl (C=O) groups is 9. The number of nitrogens with one attached hydrogen (secondary N) is 6. The number of likely N-dealkylation sites (tertiary alicyclic amines) is 1. The van der Waals surface area contributed by atoms with Crippen LogP contribution in [-0.4, -0.2) is 147 Å². The first-order valence-electron chi connectivity index (χ1n) is 20.8. The zero-order valence-corrected chi connectivity index (χ0v) is 37.9. The molecule has 356 valence electrons. The summed E-state index contributed by atoms with van der Waals surface area (Å²) in [4.78, 5) is 123. The number of nitrogens with two attached hydrogens (primary N) is 3. The first-order valence-corrected chi connectivity index (χ1v) is 22.1. The van der Waals surface area contributed by atoms with Crippen LogP contribution in [0.25, 0.3) is 0 Å². The van der Waals surface area contributed by atoms with E-state index >= 15 is 0 Å². The van der Waals surface area contributed by atoms with Gasteiger partial charge in [-0.25, -0.2) is 4.79 Å². The molecule has 64 heavy (non-hydrogen) atoms. The second-order valence-corrected chi connectivity index (χ2v) is 16.5. The summed E-state index contributed by atoms with van der Waals surface area (Å²) in [5.74, 6) is -8.81. The number of carboxylic acids is 2. The van der Waals surface area contributed by atoms with Crippen LogP contribution in [0.1, 0.15) is 71.3 Å². The highest BCUT2D eigenvalue weighted by Gasteiger charge is 2.40. The van der Waals surface area contributed by atoms with Crippen LogP contribution < -0.4 is 49.1 Å². The van der Waals surface area contributed by atoms with Crippen molar-refractivity contribution < 1.29 is 53.4 Å². The van der Waals surface area contributed by atoms with Gasteiger partial charge < -0.3 is 64.2 Å². The van der Waals surface area contributed by atoms with E-state index in [9.17, 15) is 53.4 Å². The standard InChI is InChI=1S/C40H63N11O11S2/c1-21(2)17-26(47-32(54)22(3)41)35(57)46-25(13-14-31(52)53)34(56)45-24(11-7-15-44-40(42)43)33(55)50-29(20-64)38(60)51-16-8-12-30(51)37(59)49-28(19-63)36(58)48-27(39(61)62)18-23-9-5-4-6-10-23/h4-6,9-10,21-22,24-30,63-64H,7-8,11-20,41H2,1-3H3,(H,45,56)(H,46,57)(H,47,54)(H,48,58)(H,49,59)(H,50,55)(H,52,53)(H,61,62)(H4,42,43,44)/t22-,24-,25-,26-,27-,28-,29-,30-/m0/s1. The van der Waals surface area contributed by atoms with Crippen molar-refractivity contribution >= 4 is 84.5 Å². The van der Waals surface area contributed by atoms with Crippen molar-refractivity contribution in [2.45, 2.75) is 120 Å². The molecule has 8 atom stereocenters. The van der Waals surface area contributed by atoms with Crippen molar-refractivity contribution in [3.63, 3.8) is 0 Å². The number of benzene rings is 1. The van der Waals surface area contributed by atoms with E-state index in [1.165, 1.54) is 11.8 Å². The Kier molecular flexibility index (Phi) is 23.5. The molecule has 1 aliphatic heterocycles. The van der Waals surface area contributed by atoms with Crippen LogP contribution in [0, 0.1) is 5.92 Å². The first kappa shape index (κ1) is 54.5. The second-order valence-electron chi connectivity index (χ2n) is 15.7. The third kappa shape index (κ3) is 18.6. The zero-order chi connectivity index (χ0) is 48.1. The second kappa shape index (κ2) is 27.5. The van der Waals surface area contributed by atoms with Crippen LogP contribution in [0.4, 0.5) is 0 Å². The summed E-state index contributed by atoms with van der Waals surface area (Å²) < 4.78 is 0. The molecule has 0 spiro atoms. The van der Waals surface area contributed by atoms with Gasteiger partial charge in [0.25, 0.3) is 0 Å². The number of carboxylic acid groups (broad SMARTS) is 2. The smallest absolute Gasteiger partial charge is 0.326 e. The van der Waals surface area contributed by atoms with E-state index in [1.807, 2.05) is 0 Å². The molecule has 1 aliphatic rings. The fraction of sp³-hybridized carbons (Fsp3) is 0.600. The van der Waals surface area contributed by atoms with Crippen molar-refractivity contribution in [2.75, 3.05) is 24.6 Å². The van der Waals surface area contributed by atoms with Gasteiger partial charge in [-0.15, -0.1) is 0 Å². The zero-order valence-electron chi connectivity index (χ0n) is 36.2. The summed E-state index contributed by atoms with van der Waals surface area (Å²) in [5.41, 5.74) is 17.2. The first-order chi connectivity index (χ1) is 30.2. The molecule has 7 amide bonds. The van der Waals surface area contributed by atoms with Crippen LogP contribution in [0.2, 0.25) is 0 Å². The van der Waals surface area contributed by atoms with Gasteiger partial charge in [0.15, 0.2) is 5.96 Å². The van der Waals surface area contributed by atoms with Crippen LogP contribution in [0.15, 0.2) is 35.3 Å². The van der Waals surface area contributed by atoms with Crippen LogP contribution in [0.3, 0.4) is 0 Å². The molecule has 0 saturated carbocycles. The number of nitrogens with zero attached hydrogens (tertiary/aromatic N) is 2. The van der Waals surface area contributed by atoms with Crippen molar-refractivity contribution in [2.24, 2.45) is 28.1 Å². The van der Waals surface area contributed by atoms with E-state index < -0.39 is 114 Å². The Balaban J connectivity index is 2.27. The van der Waals surface area contributed by atoms with E-state index in [1.54, 1.807) is 44.2 Å². The number of amides is 7. The average Bonchev–Trinajstić information content (AvgIpc) is 3.73. The fourth-order valence-corrected chi connectivity index (χ4v) is 7.11. The SMILES string of the molecule is CC(C)C[C@H](NC(=O)[C@H](C)N)C(=O)N[C@@H](CCC(=O)O)C(=O)N[C@@H](CCCN=C(N)N)C(=O)N[C@@H](CS)C(=O)N1CCC[C@H]1C(=O)N[C@@H](CS)C(=O)N[C@@H](Cc1ccccc1)C(=O)O. The Bertz CT molecular complexity index is 1820. The lowest BCUT2D eigenvalue weighted by atomic mass is 10.0. The molecule has 0 radical (unpaired) electrons. The number of guanidine groups is 1. The van der Waals surface area contributed by atoms with Crippen molar-refractivity contribution in [3.8, 4) is 0 Å². The van der Waals surface area contributed by atoms with Gasteiger partial charge in [-0.3, -0.25) is 43.3 Å². The molecule has 1 saturated heterocycles. The molecule has 0 aliphatic carbocycles. The van der Waals surface area contributed by atoms with Gasteiger partial charge in [-0.2, -0.15) is 25.3 Å². The predicted molar refractivity (Wildman–Crippen MR) is 242 cm³/mol. The minimum absolute atomic E-state index is 0.0195. The summed E-state index contributed by atoms with van der Waals surface area (Å²) in [7, 11) is 0. The number of thiol groups is 2. The van der Waals surface area contributed by atoms with E-state index in [4.69, 9.17) is 17.2 Å². The van der Waals surface area contributed by atoms with Crippen molar-refractivity contribution in [1.29, 1.82) is 0 Å². The maximum Gasteiger partial charge on any atom is 0.326 e. The van der Waals surface area contributed by atoms with E-state index in [-0.39, 0.29) is 68.6 Å². The third-order valence-corrected chi connectivity index (χ3v) is 10.7. The van der Waals surface area contributed by atoms with Crippen molar-refractivity contribution in [1.82, 2.24) is 36.8 Å². The van der Waals surface area contributed by atoms with Crippen LogP contribution >= 0.6 is 25.3 Å². The Morgan fingerprint density at radius 2 is 1.27 bits per heavy atom. The molecular weight excluding hydrogens is 875 g/mol. The molecule has 24 heteroatoms. The Morgan fingerprint density at radius 3 is 1.80 bits per heavy atom. The summed E-state index contributed by atoms with van der Waals surface area (Å²) in [5, 5.41) is 34.3. The van der Waals surface area contributed by atoms with Gasteiger partial charge >= 0.3 is 11.9 Å². The van der Waals surface area contributed by atoms with Gasteiger partial charge in [0.2, 0.25) is 41.4 Å². The molecule has 1 aromatic rings. The topological polar surface area (TPSA) is 360 Å². The summed E-state index contributed by atoms with van der Waals surface area (Å²) >= 11 is 8.47. The molecule has 0 unspecified atom stereocenters.